The first-order chi connectivity index (χ1) is 10.3. The number of allylic oxidation sites excluding steroid dienone is 1. The van der Waals surface area contributed by atoms with Crippen LogP contribution in [-0.2, 0) is 6.54 Å². The van der Waals surface area contributed by atoms with E-state index in [1.807, 2.05) is 59.2 Å². The van der Waals surface area contributed by atoms with Crippen LogP contribution in [0.4, 0.5) is 0 Å². The molecule has 0 aliphatic rings. The van der Waals surface area contributed by atoms with E-state index < -0.39 is 0 Å². The summed E-state index contributed by atoms with van der Waals surface area (Å²) in [6, 6.07) is 18.4. The van der Waals surface area contributed by atoms with Crippen LogP contribution in [0.1, 0.15) is 11.1 Å². The zero-order chi connectivity index (χ0) is 14.7. The quantitative estimate of drug-likeness (QED) is 0.678. The second-order valence-electron chi connectivity index (χ2n) is 5.05. The van der Waals surface area contributed by atoms with Gasteiger partial charge in [0, 0.05) is 5.57 Å². The number of nitriles is 1. The van der Waals surface area contributed by atoms with Gasteiger partial charge in [-0.2, -0.15) is 5.26 Å². The number of hydrogen-bond donors (Lipinski definition) is 0. The lowest BCUT2D eigenvalue weighted by Gasteiger charge is -2.03. The fourth-order valence-electron chi connectivity index (χ4n) is 2.30. The Kier molecular flexibility index (Phi) is 3.53. The van der Waals surface area contributed by atoms with Crippen LogP contribution in [0.5, 0.6) is 0 Å². The molecule has 3 nitrogen and oxygen atoms in total. The Labute approximate surface area is 123 Å². The normalized spacial score (nSPS) is 11.5. The van der Waals surface area contributed by atoms with Crippen molar-refractivity contribution < 1.29 is 0 Å². The van der Waals surface area contributed by atoms with Crippen LogP contribution in [0.3, 0.4) is 0 Å². The van der Waals surface area contributed by atoms with Crippen molar-refractivity contribution in [3.05, 3.63) is 71.6 Å². The average Bonchev–Trinajstić information content (AvgIpc) is 2.92. The molecule has 3 heteroatoms. The summed E-state index contributed by atoms with van der Waals surface area (Å²) in [5.41, 5.74) is 4.96. The third-order valence-corrected chi connectivity index (χ3v) is 3.43. The van der Waals surface area contributed by atoms with Gasteiger partial charge in [0.15, 0.2) is 0 Å². The van der Waals surface area contributed by atoms with Gasteiger partial charge in [0.25, 0.3) is 0 Å². The van der Waals surface area contributed by atoms with Gasteiger partial charge in [-0.15, -0.1) is 0 Å². The first kappa shape index (κ1) is 13.1. The molecule has 0 aliphatic heterocycles. The molecule has 102 valence electrons. The van der Waals surface area contributed by atoms with Gasteiger partial charge in [0.05, 0.1) is 30.0 Å². The van der Waals surface area contributed by atoms with Crippen LogP contribution in [-0.4, -0.2) is 9.55 Å². The lowest BCUT2D eigenvalue weighted by molar-refractivity contribution is 0.830. The lowest BCUT2D eigenvalue weighted by atomic mass is 10.1. The standard InChI is InChI=1S/C18H15N3/c1-14-6-8-15(9-7-14)10-16(11-19)12-21-13-20-17-4-2-3-5-18(17)21/h2-10,13H,12H2,1H3/b16-10-. The van der Waals surface area contributed by atoms with E-state index in [4.69, 9.17) is 0 Å². The molecule has 0 amide bonds. The maximum Gasteiger partial charge on any atom is 0.0966 e. The first-order valence-corrected chi connectivity index (χ1v) is 6.83. The fraction of sp³-hybridized carbons (Fsp3) is 0.111. The zero-order valence-corrected chi connectivity index (χ0v) is 11.8. The molecule has 0 aliphatic carbocycles. The van der Waals surface area contributed by atoms with Crippen LogP contribution < -0.4 is 0 Å². The number of hydrogen-bond acceptors (Lipinski definition) is 2. The average molecular weight is 273 g/mol. The highest BCUT2D eigenvalue weighted by Crippen LogP contribution is 2.15. The summed E-state index contributed by atoms with van der Waals surface area (Å²) in [5, 5.41) is 9.36. The van der Waals surface area contributed by atoms with E-state index in [9.17, 15) is 5.26 Å². The molecule has 0 saturated heterocycles. The molecule has 0 spiro atoms. The fourth-order valence-corrected chi connectivity index (χ4v) is 2.30. The SMILES string of the molecule is Cc1ccc(/C=C(/C#N)Cn2cnc3ccccc32)cc1. The number of aryl methyl sites for hydroxylation is 1. The summed E-state index contributed by atoms with van der Waals surface area (Å²) in [4.78, 5) is 4.35. The predicted molar refractivity (Wildman–Crippen MR) is 84.5 cm³/mol. The molecule has 0 atom stereocenters. The third-order valence-electron chi connectivity index (χ3n) is 3.43. The molecule has 21 heavy (non-hydrogen) atoms. The van der Waals surface area contributed by atoms with Gasteiger partial charge < -0.3 is 4.57 Å². The number of benzene rings is 2. The Morgan fingerprint density at radius 2 is 1.95 bits per heavy atom. The second-order valence-corrected chi connectivity index (χ2v) is 5.05. The van der Waals surface area contributed by atoms with Gasteiger partial charge in [0.1, 0.15) is 0 Å². The van der Waals surface area contributed by atoms with Crippen molar-refractivity contribution in [3.8, 4) is 6.07 Å². The Bertz CT molecular complexity index is 833. The molecular formula is C18H15N3. The Balaban J connectivity index is 1.91. The second kappa shape index (κ2) is 5.64. The van der Waals surface area contributed by atoms with E-state index >= 15 is 0 Å². The molecule has 0 N–H and O–H groups in total. The third kappa shape index (κ3) is 2.85. The van der Waals surface area contributed by atoms with Crippen LogP contribution in [0.2, 0.25) is 0 Å². The molecule has 0 unspecified atom stereocenters. The molecule has 0 saturated carbocycles. The molecule has 0 fully saturated rings. The summed E-state index contributed by atoms with van der Waals surface area (Å²) in [6.45, 7) is 2.58. The number of imidazole rings is 1. The number of nitrogens with zero attached hydrogens (tertiary/aromatic N) is 3. The Morgan fingerprint density at radius 1 is 1.19 bits per heavy atom. The first-order valence-electron chi connectivity index (χ1n) is 6.83. The maximum absolute atomic E-state index is 9.36. The van der Waals surface area contributed by atoms with Crippen LogP contribution in [0.25, 0.3) is 17.1 Å². The van der Waals surface area contributed by atoms with E-state index in [0.29, 0.717) is 12.1 Å². The van der Waals surface area contributed by atoms with Crippen molar-refractivity contribution in [1.82, 2.24) is 9.55 Å². The zero-order valence-electron chi connectivity index (χ0n) is 11.8. The Hall–Kier alpha value is -2.86. The monoisotopic (exact) mass is 273 g/mol. The summed E-state index contributed by atoms with van der Waals surface area (Å²) >= 11 is 0. The van der Waals surface area contributed by atoms with Crippen molar-refractivity contribution in [2.75, 3.05) is 0 Å². The van der Waals surface area contributed by atoms with Crippen molar-refractivity contribution in [2.24, 2.45) is 0 Å². The minimum absolute atomic E-state index is 0.533. The van der Waals surface area contributed by atoms with Crippen molar-refractivity contribution in [2.45, 2.75) is 13.5 Å². The maximum atomic E-state index is 9.36. The number of fused-ring (bicyclic) bond motifs is 1. The van der Waals surface area contributed by atoms with Gasteiger partial charge in [-0.05, 0) is 30.7 Å². The highest BCUT2D eigenvalue weighted by Gasteiger charge is 2.04. The van der Waals surface area contributed by atoms with E-state index in [1.165, 1.54) is 5.56 Å². The highest BCUT2D eigenvalue weighted by molar-refractivity contribution is 5.75. The molecule has 3 aromatic rings. The molecule has 0 bridgehead atoms. The Morgan fingerprint density at radius 3 is 2.71 bits per heavy atom. The summed E-state index contributed by atoms with van der Waals surface area (Å²) in [7, 11) is 0. The molecule has 3 rings (SSSR count). The molecule has 1 aromatic heterocycles. The summed E-state index contributed by atoms with van der Waals surface area (Å²) < 4.78 is 2.00. The minimum atomic E-state index is 0.533. The molecule has 2 aromatic carbocycles. The van der Waals surface area contributed by atoms with Crippen molar-refractivity contribution in [3.63, 3.8) is 0 Å². The van der Waals surface area contributed by atoms with Crippen molar-refractivity contribution >= 4 is 17.1 Å². The van der Waals surface area contributed by atoms with Gasteiger partial charge in [-0.3, -0.25) is 0 Å². The van der Waals surface area contributed by atoms with E-state index in [1.54, 1.807) is 6.33 Å². The summed E-state index contributed by atoms with van der Waals surface area (Å²) in [6.07, 6.45) is 3.71. The molecule has 0 radical (unpaired) electrons. The smallest absolute Gasteiger partial charge is 0.0966 e. The van der Waals surface area contributed by atoms with E-state index in [-0.39, 0.29) is 0 Å². The number of para-hydroxylation sites is 2. The van der Waals surface area contributed by atoms with Crippen LogP contribution in [0.15, 0.2) is 60.4 Å². The largest absolute Gasteiger partial charge is 0.325 e. The number of rotatable bonds is 3. The topological polar surface area (TPSA) is 41.6 Å². The summed E-state index contributed by atoms with van der Waals surface area (Å²) in [5.74, 6) is 0. The van der Waals surface area contributed by atoms with Gasteiger partial charge in [-0.25, -0.2) is 4.98 Å². The lowest BCUT2D eigenvalue weighted by Crippen LogP contribution is -1.98. The van der Waals surface area contributed by atoms with Crippen LogP contribution >= 0.6 is 0 Å². The highest BCUT2D eigenvalue weighted by atomic mass is 15.0. The molecule has 1 heterocycles. The van der Waals surface area contributed by atoms with Gasteiger partial charge in [-0.1, -0.05) is 42.0 Å². The predicted octanol–water partition coefficient (Wildman–Crippen LogP) is 3.95. The van der Waals surface area contributed by atoms with E-state index in [0.717, 1.165) is 16.6 Å². The van der Waals surface area contributed by atoms with Gasteiger partial charge >= 0.3 is 0 Å². The molecular weight excluding hydrogens is 258 g/mol. The van der Waals surface area contributed by atoms with Crippen LogP contribution in [0, 0.1) is 18.3 Å². The number of aromatic nitrogens is 2. The van der Waals surface area contributed by atoms with E-state index in [2.05, 4.69) is 18.0 Å². The van der Waals surface area contributed by atoms with Gasteiger partial charge in [0.2, 0.25) is 0 Å². The van der Waals surface area contributed by atoms with Crippen molar-refractivity contribution in [1.29, 1.82) is 5.26 Å². The minimum Gasteiger partial charge on any atom is -0.325 e.